The van der Waals surface area contributed by atoms with Crippen molar-refractivity contribution in [3.8, 4) is 5.75 Å². The van der Waals surface area contributed by atoms with Gasteiger partial charge in [0.25, 0.3) is 0 Å². The zero-order valence-corrected chi connectivity index (χ0v) is 8.75. The summed E-state index contributed by atoms with van der Waals surface area (Å²) in [5, 5.41) is -0.183. The molecule has 1 rings (SSSR count). The van der Waals surface area contributed by atoms with Gasteiger partial charge in [0, 0.05) is 11.3 Å². The lowest BCUT2D eigenvalue weighted by Crippen LogP contribution is -2.18. The van der Waals surface area contributed by atoms with Crippen molar-refractivity contribution < 1.29 is 17.9 Å². The molecule has 7 heteroatoms. The molecule has 0 fully saturated rings. The van der Waals surface area contributed by atoms with Gasteiger partial charge in [0.05, 0.1) is 10.9 Å². The lowest BCUT2D eigenvalue weighted by molar-refractivity contribution is -0.274. The minimum Gasteiger partial charge on any atom is -0.404 e. The molecule has 1 aromatic carbocycles. The predicted octanol–water partition coefficient (Wildman–Crippen LogP) is 3.56. The molecule has 0 heterocycles. The van der Waals surface area contributed by atoms with Gasteiger partial charge in [-0.15, -0.1) is 24.8 Å². The maximum absolute atomic E-state index is 12.0. The summed E-state index contributed by atoms with van der Waals surface area (Å²) in [7, 11) is 0. The maximum Gasteiger partial charge on any atom is 0.573 e. The van der Waals surface area contributed by atoms with Gasteiger partial charge in [0.15, 0.2) is 5.75 Å². The third kappa shape index (κ3) is 3.07. The summed E-state index contributed by atoms with van der Waals surface area (Å²) in [4.78, 5) is 0. The van der Waals surface area contributed by atoms with Crippen molar-refractivity contribution in [1.82, 2.24) is 0 Å². The molecule has 0 aromatic heterocycles. The second-order valence-electron chi connectivity index (χ2n) is 2.63. The van der Waals surface area contributed by atoms with Crippen LogP contribution in [0.3, 0.4) is 0 Å². The van der Waals surface area contributed by atoms with Crippen molar-refractivity contribution in [2.75, 3.05) is 5.73 Å². The summed E-state index contributed by atoms with van der Waals surface area (Å²) < 4.78 is 39.8. The van der Waals surface area contributed by atoms with Crippen LogP contribution in [0, 0.1) is 0 Å². The Kier molecular flexibility index (Phi) is 3.57. The number of nitrogen functional groups attached to an aromatic ring is 1. The van der Waals surface area contributed by atoms with Crippen molar-refractivity contribution in [2.24, 2.45) is 0 Å². The molecule has 0 atom stereocenters. The molecule has 0 aliphatic rings. The Morgan fingerprint density at radius 2 is 1.93 bits per heavy atom. The number of rotatable bonds is 2. The zero-order chi connectivity index (χ0) is 11.6. The van der Waals surface area contributed by atoms with E-state index in [1.165, 1.54) is 12.1 Å². The highest BCUT2D eigenvalue weighted by Gasteiger charge is 2.33. The van der Waals surface area contributed by atoms with Gasteiger partial charge in [-0.05, 0) is 12.1 Å². The smallest absolute Gasteiger partial charge is 0.404 e. The third-order valence-corrected chi connectivity index (χ3v) is 2.16. The lowest BCUT2D eigenvalue weighted by atomic mass is 10.2. The Bertz CT molecular complexity index is 368. The topological polar surface area (TPSA) is 35.2 Å². The van der Waals surface area contributed by atoms with E-state index >= 15 is 0 Å². The predicted molar refractivity (Wildman–Crippen MR) is 52.1 cm³/mol. The van der Waals surface area contributed by atoms with Crippen molar-refractivity contribution >= 4 is 28.9 Å². The average Bonchev–Trinajstić information content (AvgIpc) is 2.10. The number of hydrogen-bond donors (Lipinski definition) is 1. The van der Waals surface area contributed by atoms with E-state index in [1.54, 1.807) is 0 Å². The lowest BCUT2D eigenvalue weighted by Gasteiger charge is -2.14. The molecule has 2 N–H and O–H groups in total. The molecular formula is C8H6Cl2F3NO. The first-order chi connectivity index (χ1) is 6.85. The van der Waals surface area contributed by atoms with Crippen LogP contribution in [-0.4, -0.2) is 6.36 Å². The van der Waals surface area contributed by atoms with E-state index in [0.29, 0.717) is 0 Å². The highest BCUT2D eigenvalue weighted by atomic mass is 35.5. The normalized spacial score (nSPS) is 11.5. The molecule has 0 radical (unpaired) electrons. The molecule has 15 heavy (non-hydrogen) atoms. The molecule has 0 aliphatic carbocycles. The van der Waals surface area contributed by atoms with Crippen molar-refractivity contribution in [2.45, 2.75) is 12.2 Å². The summed E-state index contributed by atoms with van der Waals surface area (Å²) in [5.41, 5.74) is 5.56. The Labute approximate surface area is 93.7 Å². The first-order valence-electron chi connectivity index (χ1n) is 3.73. The first-order valence-corrected chi connectivity index (χ1v) is 4.65. The van der Waals surface area contributed by atoms with Gasteiger partial charge in [0.2, 0.25) is 0 Å². The number of ether oxygens (including phenoxy) is 1. The van der Waals surface area contributed by atoms with Crippen LogP contribution in [0.1, 0.15) is 5.56 Å². The molecule has 2 nitrogen and oxygen atoms in total. The molecular weight excluding hydrogens is 254 g/mol. The number of alkyl halides is 4. The largest absolute Gasteiger partial charge is 0.573 e. The van der Waals surface area contributed by atoms with E-state index in [1.807, 2.05) is 0 Å². The molecule has 0 spiro atoms. The van der Waals surface area contributed by atoms with E-state index in [0.717, 1.165) is 0 Å². The third-order valence-electron chi connectivity index (χ3n) is 1.60. The van der Waals surface area contributed by atoms with Crippen molar-refractivity contribution in [3.63, 3.8) is 0 Å². The van der Waals surface area contributed by atoms with Crippen molar-refractivity contribution in [3.05, 3.63) is 22.7 Å². The van der Waals surface area contributed by atoms with Crippen LogP contribution in [0.2, 0.25) is 5.02 Å². The fourth-order valence-corrected chi connectivity index (χ4v) is 1.47. The van der Waals surface area contributed by atoms with Gasteiger partial charge >= 0.3 is 6.36 Å². The van der Waals surface area contributed by atoms with Gasteiger partial charge in [0.1, 0.15) is 0 Å². The summed E-state index contributed by atoms with van der Waals surface area (Å²) >= 11 is 11.0. The van der Waals surface area contributed by atoms with Gasteiger partial charge < -0.3 is 10.5 Å². The zero-order valence-electron chi connectivity index (χ0n) is 7.24. The molecule has 0 unspecified atom stereocenters. The highest BCUT2D eigenvalue weighted by molar-refractivity contribution is 6.32. The van der Waals surface area contributed by atoms with Crippen LogP contribution < -0.4 is 10.5 Å². The number of halogens is 5. The molecule has 0 saturated heterocycles. The summed E-state index contributed by atoms with van der Waals surface area (Å²) in [6, 6.07) is 2.58. The van der Waals surface area contributed by atoms with Gasteiger partial charge in [-0.2, -0.15) is 0 Å². The minimum absolute atomic E-state index is 0.0292. The molecule has 0 saturated carbocycles. The number of anilines is 1. The number of nitrogens with two attached hydrogens (primary N) is 1. The summed E-state index contributed by atoms with van der Waals surface area (Å²) in [5.74, 6) is -0.753. The maximum atomic E-state index is 12.0. The van der Waals surface area contributed by atoms with Crippen LogP contribution in [0.5, 0.6) is 5.75 Å². The second kappa shape index (κ2) is 4.37. The fourth-order valence-electron chi connectivity index (χ4n) is 0.978. The van der Waals surface area contributed by atoms with E-state index in [-0.39, 0.29) is 22.2 Å². The van der Waals surface area contributed by atoms with E-state index in [9.17, 15) is 13.2 Å². The number of benzene rings is 1. The van der Waals surface area contributed by atoms with Gasteiger partial charge in [-0.3, -0.25) is 0 Å². The summed E-state index contributed by atoms with van der Waals surface area (Å²) in [6.07, 6.45) is -4.82. The van der Waals surface area contributed by atoms with Crippen molar-refractivity contribution in [1.29, 1.82) is 0 Å². The fraction of sp³-hybridized carbons (Fsp3) is 0.250. The Hall–Kier alpha value is -0.810. The SMILES string of the molecule is Nc1ccc(Cl)c(OC(F)(F)F)c1CCl. The van der Waals surface area contributed by atoms with Crippen LogP contribution in [0.15, 0.2) is 12.1 Å². The van der Waals surface area contributed by atoms with Crippen LogP contribution in [0.25, 0.3) is 0 Å². The Morgan fingerprint density at radius 1 is 1.33 bits per heavy atom. The number of hydrogen-bond acceptors (Lipinski definition) is 2. The van der Waals surface area contributed by atoms with Crippen LogP contribution >= 0.6 is 23.2 Å². The Morgan fingerprint density at radius 3 is 2.40 bits per heavy atom. The van der Waals surface area contributed by atoms with E-state index in [4.69, 9.17) is 28.9 Å². The van der Waals surface area contributed by atoms with Gasteiger partial charge in [-0.25, -0.2) is 0 Å². The molecule has 0 aliphatic heterocycles. The molecule has 0 amide bonds. The monoisotopic (exact) mass is 259 g/mol. The summed E-state index contributed by atoms with van der Waals surface area (Å²) in [6.45, 7) is 0. The average molecular weight is 260 g/mol. The molecule has 1 aromatic rings. The Balaban J connectivity index is 3.20. The highest BCUT2D eigenvalue weighted by Crippen LogP contribution is 2.37. The van der Waals surface area contributed by atoms with Crippen LogP contribution in [-0.2, 0) is 5.88 Å². The second-order valence-corrected chi connectivity index (χ2v) is 3.30. The van der Waals surface area contributed by atoms with Crippen LogP contribution in [0.4, 0.5) is 18.9 Å². The quantitative estimate of drug-likeness (QED) is 0.651. The van der Waals surface area contributed by atoms with E-state index < -0.39 is 12.1 Å². The van der Waals surface area contributed by atoms with E-state index in [2.05, 4.69) is 4.74 Å². The standard InChI is InChI=1S/C8H6Cl2F3NO/c9-3-4-6(14)2-1-5(10)7(4)15-8(11,12)13/h1-2H,3,14H2. The van der Waals surface area contributed by atoms with Gasteiger partial charge in [-0.1, -0.05) is 11.6 Å². The first kappa shape index (κ1) is 12.3. The molecule has 84 valence electrons. The minimum atomic E-state index is -4.82. The molecule has 0 bridgehead atoms.